The van der Waals surface area contributed by atoms with Gasteiger partial charge < -0.3 is 4.84 Å². The fourth-order valence-electron chi connectivity index (χ4n) is 0.652. The maximum Gasteiger partial charge on any atom is 0.127 e. The second-order valence-electron chi connectivity index (χ2n) is 1.79. The lowest BCUT2D eigenvalue weighted by atomic mass is 10.1. The van der Waals surface area contributed by atoms with Crippen molar-refractivity contribution in [3.8, 4) is 0 Å². The lowest BCUT2D eigenvalue weighted by Crippen LogP contribution is -2.09. The van der Waals surface area contributed by atoms with E-state index in [1.54, 1.807) is 18.2 Å². The highest BCUT2D eigenvalue weighted by Crippen LogP contribution is 1.95. The molecule has 1 N–H and O–H groups in total. The molecule has 0 aromatic heterocycles. The first-order chi connectivity index (χ1) is 5.84. The van der Waals surface area contributed by atoms with Gasteiger partial charge in [-0.1, -0.05) is 31.2 Å². The minimum atomic E-state index is 0.379. The third-order valence-corrected chi connectivity index (χ3v) is 1.09. The van der Waals surface area contributed by atoms with Gasteiger partial charge in [0, 0.05) is 0 Å². The summed E-state index contributed by atoms with van der Waals surface area (Å²) in [7, 11) is 1.46. The highest BCUT2D eigenvalue weighted by Gasteiger charge is 2.01. The Balaban J connectivity index is 0.000000561. The van der Waals surface area contributed by atoms with E-state index in [1.807, 2.05) is 19.9 Å². The number of oxime groups is 1. The Bertz CT molecular complexity index is 227. The quantitative estimate of drug-likeness (QED) is 0.471. The van der Waals surface area contributed by atoms with Crippen LogP contribution < -0.4 is 0 Å². The molecule has 0 aliphatic heterocycles. The predicted molar refractivity (Wildman–Crippen MR) is 51.8 cm³/mol. The molecule has 0 amide bonds. The normalized spacial score (nSPS) is 17.2. The molecule has 3 heteroatoms. The largest absolute Gasteiger partial charge is 0.399 e. The van der Waals surface area contributed by atoms with E-state index >= 15 is 0 Å². The summed E-state index contributed by atoms with van der Waals surface area (Å²) >= 11 is 0. The van der Waals surface area contributed by atoms with E-state index in [4.69, 9.17) is 5.41 Å². The summed E-state index contributed by atoms with van der Waals surface area (Å²) in [6.07, 6.45) is 7.00. The van der Waals surface area contributed by atoms with Crippen LogP contribution in [0.1, 0.15) is 13.8 Å². The molecular weight excluding hydrogens is 152 g/mol. The Kier molecular flexibility index (Phi) is 5.61. The van der Waals surface area contributed by atoms with Gasteiger partial charge in [-0.05, 0) is 12.2 Å². The minimum absolute atomic E-state index is 0.379. The van der Waals surface area contributed by atoms with Gasteiger partial charge in [-0.3, -0.25) is 5.41 Å². The number of hydrogen-bond acceptors (Lipinski definition) is 3. The smallest absolute Gasteiger partial charge is 0.127 e. The van der Waals surface area contributed by atoms with Crippen molar-refractivity contribution in [1.29, 1.82) is 5.41 Å². The van der Waals surface area contributed by atoms with Gasteiger partial charge >= 0.3 is 0 Å². The van der Waals surface area contributed by atoms with Crippen molar-refractivity contribution >= 4 is 11.4 Å². The van der Waals surface area contributed by atoms with Crippen LogP contribution in [0, 0.1) is 5.41 Å². The van der Waals surface area contributed by atoms with Gasteiger partial charge in [0.1, 0.15) is 12.8 Å². The van der Waals surface area contributed by atoms with Gasteiger partial charge in [-0.15, -0.1) is 0 Å². The minimum Gasteiger partial charge on any atom is -0.399 e. The average molecular weight is 166 g/mol. The van der Waals surface area contributed by atoms with Crippen molar-refractivity contribution in [2.75, 3.05) is 7.11 Å². The number of nitrogens with zero attached hydrogens (tertiary/aromatic N) is 1. The van der Waals surface area contributed by atoms with E-state index in [0.717, 1.165) is 0 Å². The lowest BCUT2D eigenvalue weighted by molar-refractivity contribution is 0.214. The van der Waals surface area contributed by atoms with E-state index in [0.29, 0.717) is 11.4 Å². The van der Waals surface area contributed by atoms with Crippen LogP contribution in [0.3, 0.4) is 0 Å². The number of allylic oxidation sites excluding steroid dienone is 4. The molecule has 66 valence electrons. The molecule has 0 aromatic carbocycles. The van der Waals surface area contributed by atoms with Crippen molar-refractivity contribution in [2.45, 2.75) is 13.8 Å². The van der Waals surface area contributed by atoms with Crippen LogP contribution in [0.4, 0.5) is 0 Å². The molecule has 0 spiro atoms. The molecule has 0 aromatic rings. The number of hydrogen-bond donors (Lipinski definition) is 1. The molecule has 3 nitrogen and oxygen atoms in total. The van der Waals surface area contributed by atoms with Gasteiger partial charge in [-0.2, -0.15) is 0 Å². The first-order valence-corrected chi connectivity index (χ1v) is 3.89. The fraction of sp³-hybridized carbons (Fsp3) is 0.333. The van der Waals surface area contributed by atoms with Crippen LogP contribution in [-0.2, 0) is 4.84 Å². The van der Waals surface area contributed by atoms with Crippen LogP contribution in [-0.4, -0.2) is 18.5 Å². The van der Waals surface area contributed by atoms with Crippen LogP contribution in [0.25, 0.3) is 0 Å². The second-order valence-corrected chi connectivity index (χ2v) is 1.79. The summed E-state index contributed by atoms with van der Waals surface area (Å²) in [5, 5.41) is 10.9. The van der Waals surface area contributed by atoms with E-state index < -0.39 is 0 Å². The fourth-order valence-corrected chi connectivity index (χ4v) is 0.652. The highest BCUT2D eigenvalue weighted by molar-refractivity contribution is 6.49. The molecule has 1 aliphatic carbocycles. The molecule has 0 saturated carbocycles. The van der Waals surface area contributed by atoms with Crippen molar-refractivity contribution < 1.29 is 4.84 Å². The zero-order valence-corrected chi connectivity index (χ0v) is 7.66. The lowest BCUT2D eigenvalue weighted by Gasteiger charge is -1.99. The Morgan fingerprint density at radius 3 is 2.33 bits per heavy atom. The van der Waals surface area contributed by atoms with E-state index in [9.17, 15) is 0 Å². The number of nitrogens with one attached hydrogen (secondary N) is 1. The molecular formula is C9H14N2O. The standard InChI is InChI=1S/C7H8N2O.C2H6/c1-10-9-7-5-3-2-4-6(7)8;1-2/h2-5,8H,1H3;1-2H3/b8-6?,9-7-;. The van der Waals surface area contributed by atoms with Gasteiger partial charge in [0.25, 0.3) is 0 Å². The zero-order chi connectivity index (χ0) is 9.40. The third kappa shape index (κ3) is 3.14. The Labute approximate surface area is 72.9 Å². The molecule has 0 atom stereocenters. The Hall–Kier alpha value is -1.38. The summed E-state index contributed by atoms with van der Waals surface area (Å²) < 4.78 is 0. The van der Waals surface area contributed by atoms with Crippen LogP contribution in [0.5, 0.6) is 0 Å². The molecule has 0 heterocycles. The summed E-state index contributed by atoms with van der Waals surface area (Å²) in [6.45, 7) is 4.00. The van der Waals surface area contributed by atoms with Gasteiger partial charge in [-0.25, -0.2) is 0 Å². The summed E-state index contributed by atoms with van der Waals surface area (Å²) in [6, 6.07) is 0. The van der Waals surface area contributed by atoms with Gasteiger partial charge in [0.05, 0.1) is 5.71 Å². The third-order valence-electron chi connectivity index (χ3n) is 1.09. The second kappa shape index (κ2) is 6.34. The van der Waals surface area contributed by atoms with E-state index in [-0.39, 0.29) is 0 Å². The van der Waals surface area contributed by atoms with Crippen molar-refractivity contribution in [1.82, 2.24) is 0 Å². The first kappa shape index (κ1) is 10.6. The molecule has 12 heavy (non-hydrogen) atoms. The zero-order valence-electron chi connectivity index (χ0n) is 7.66. The number of rotatable bonds is 1. The van der Waals surface area contributed by atoms with Crippen LogP contribution in [0.2, 0.25) is 0 Å². The molecule has 1 rings (SSSR count). The monoisotopic (exact) mass is 166 g/mol. The van der Waals surface area contributed by atoms with Crippen molar-refractivity contribution in [3.05, 3.63) is 24.3 Å². The summed E-state index contributed by atoms with van der Waals surface area (Å²) in [5.41, 5.74) is 0.939. The van der Waals surface area contributed by atoms with E-state index in [2.05, 4.69) is 9.99 Å². The van der Waals surface area contributed by atoms with Gasteiger partial charge in [0.15, 0.2) is 0 Å². The maximum absolute atomic E-state index is 7.30. The Morgan fingerprint density at radius 2 is 1.83 bits per heavy atom. The summed E-state index contributed by atoms with van der Waals surface area (Å²) in [4.78, 5) is 4.51. The Morgan fingerprint density at radius 1 is 1.25 bits per heavy atom. The molecule has 0 saturated heterocycles. The topological polar surface area (TPSA) is 45.4 Å². The highest BCUT2D eigenvalue weighted by atomic mass is 16.6. The van der Waals surface area contributed by atoms with Crippen molar-refractivity contribution in [2.24, 2.45) is 5.16 Å². The predicted octanol–water partition coefficient (Wildman–Crippen LogP) is 2.16. The van der Waals surface area contributed by atoms with Crippen LogP contribution >= 0.6 is 0 Å². The molecule has 1 aliphatic rings. The average Bonchev–Trinajstić information content (AvgIpc) is 2.13. The summed E-state index contributed by atoms with van der Waals surface area (Å²) in [5.74, 6) is 0. The van der Waals surface area contributed by atoms with Crippen molar-refractivity contribution in [3.63, 3.8) is 0 Å². The SMILES string of the molecule is CC.CO/N=C1/C=CC=CC1=N. The molecule has 0 radical (unpaired) electrons. The molecule has 0 unspecified atom stereocenters. The maximum atomic E-state index is 7.30. The molecule has 0 bridgehead atoms. The molecule has 0 fully saturated rings. The van der Waals surface area contributed by atoms with Crippen LogP contribution in [0.15, 0.2) is 29.5 Å². The first-order valence-electron chi connectivity index (χ1n) is 3.89. The van der Waals surface area contributed by atoms with Gasteiger partial charge in [0.2, 0.25) is 0 Å². The van der Waals surface area contributed by atoms with E-state index in [1.165, 1.54) is 7.11 Å².